The Hall–Kier alpha value is -1.35. The Labute approximate surface area is 116 Å². The minimum Gasteiger partial charge on any atom is -0.480 e. The molecule has 2 rings (SSSR count). The summed E-state index contributed by atoms with van der Waals surface area (Å²) in [5.41, 5.74) is 0.887. The van der Waals surface area contributed by atoms with Crippen LogP contribution in [-0.2, 0) is 11.3 Å². The lowest BCUT2D eigenvalue weighted by molar-refractivity contribution is -0.144. The lowest BCUT2D eigenvalue weighted by Crippen LogP contribution is -2.43. The van der Waals surface area contributed by atoms with Gasteiger partial charge in [-0.05, 0) is 25.5 Å². The van der Waals surface area contributed by atoms with Gasteiger partial charge in [-0.3, -0.25) is 9.69 Å². The molecule has 1 fully saturated rings. The number of carboxylic acid groups (broad SMARTS) is 1. The van der Waals surface area contributed by atoms with E-state index in [1.807, 2.05) is 16.3 Å². The smallest absolute Gasteiger partial charge is 0.320 e. The number of thiophene rings is 1. The van der Waals surface area contributed by atoms with Gasteiger partial charge in [0.05, 0.1) is 0 Å². The molecule has 2 heterocycles. The predicted octanol–water partition coefficient (Wildman–Crippen LogP) is 1.53. The Bertz CT molecular complexity index is 500. The van der Waals surface area contributed by atoms with Crippen molar-refractivity contribution in [3.05, 3.63) is 21.9 Å². The minimum atomic E-state index is -0.725. The maximum atomic E-state index is 11.2. The number of piperidine rings is 1. The van der Waals surface area contributed by atoms with Gasteiger partial charge in [-0.2, -0.15) is 0 Å². The summed E-state index contributed by atoms with van der Waals surface area (Å²) < 4.78 is 0. The van der Waals surface area contributed by atoms with Crippen LogP contribution in [0.25, 0.3) is 0 Å². The monoisotopic (exact) mass is 279 g/mol. The first kappa shape index (κ1) is 14.1. The van der Waals surface area contributed by atoms with Crippen molar-refractivity contribution in [1.29, 1.82) is 0 Å². The Morgan fingerprint density at radius 3 is 3.11 bits per heavy atom. The first-order valence-electron chi connectivity index (χ1n) is 6.34. The number of carbonyl (C=O) groups is 1. The molecule has 1 aromatic rings. The van der Waals surface area contributed by atoms with Gasteiger partial charge < -0.3 is 10.2 Å². The molecule has 102 valence electrons. The number of nitrogens with zero attached hydrogens (tertiary/aromatic N) is 1. The van der Waals surface area contributed by atoms with E-state index >= 15 is 0 Å². The number of rotatable bonds is 3. The summed E-state index contributed by atoms with van der Waals surface area (Å²) in [5, 5.41) is 19.8. The molecule has 1 unspecified atom stereocenters. The molecule has 1 aliphatic heterocycles. The van der Waals surface area contributed by atoms with E-state index in [4.69, 9.17) is 5.11 Å². The Morgan fingerprint density at radius 2 is 2.37 bits per heavy atom. The summed E-state index contributed by atoms with van der Waals surface area (Å²) in [6.45, 7) is 1.37. The van der Waals surface area contributed by atoms with Crippen LogP contribution in [0.2, 0.25) is 0 Å². The molecule has 0 bridgehead atoms. The molecule has 0 saturated carbocycles. The zero-order chi connectivity index (χ0) is 13.7. The molecule has 1 atom stereocenters. The Morgan fingerprint density at radius 1 is 1.53 bits per heavy atom. The molecule has 0 amide bonds. The minimum absolute atomic E-state index is 0.140. The largest absolute Gasteiger partial charge is 0.480 e. The van der Waals surface area contributed by atoms with Crippen molar-refractivity contribution in [1.82, 2.24) is 4.90 Å². The number of aliphatic carboxylic acids is 1. The second-order valence-electron chi connectivity index (χ2n) is 4.58. The van der Waals surface area contributed by atoms with E-state index < -0.39 is 5.97 Å². The molecule has 19 heavy (non-hydrogen) atoms. The van der Waals surface area contributed by atoms with E-state index in [2.05, 4.69) is 11.8 Å². The summed E-state index contributed by atoms with van der Waals surface area (Å²) in [7, 11) is 0. The fraction of sp³-hybridized carbons (Fsp3) is 0.500. The topological polar surface area (TPSA) is 60.8 Å². The molecule has 5 heteroatoms. The molecular weight excluding hydrogens is 262 g/mol. The van der Waals surface area contributed by atoms with Gasteiger partial charge in [0.15, 0.2) is 0 Å². The fourth-order valence-corrected chi connectivity index (χ4v) is 3.17. The second kappa shape index (κ2) is 6.71. The number of aliphatic hydroxyl groups excluding tert-OH is 1. The first-order chi connectivity index (χ1) is 9.20. The van der Waals surface area contributed by atoms with Crippen molar-refractivity contribution < 1.29 is 15.0 Å². The summed E-state index contributed by atoms with van der Waals surface area (Å²) in [5.74, 6) is 4.75. The maximum absolute atomic E-state index is 11.2. The van der Waals surface area contributed by atoms with Gasteiger partial charge in [0.1, 0.15) is 12.6 Å². The second-order valence-corrected chi connectivity index (χ2v) is 5.58. The van der Waals surface area contributed by atoms with Gasteiger partial charge in [-0.15, -0.1) is 11.3 Å². The summed E-state index contributed by atoms with van der Waals surface area (Å²) >= 11 is 1.59. The highest BCUT2D eigenvalue weighted by Gasteiger charge is 2.28. The van der Waals surface area contributed by atoms with Crippen molar-refractivity contribution in [2.24, 2.45) is 0 Å². The van der Waals surface area contributed by atoms with Gasteiger partial charge in [0, 0.05) is 22.4 Å². The highest BCUT2D eigenvalue weighted by atomic mass is 32.1. The standard InChI is InChI=1S/C14H17NO3S/c16-7-3-4-11-8-12(19-10-11)9-15-6-2-1-5-13(15)14(17)18/h8,10,13,16H,1-2,5-7,9H2,(H,17,18). The third-order valence-electron chi connectivity index (χ3n) is 3.22. The van der Waals surface area contributed by atoms with E-state index in [1.165, 1.54) is 0 Å². The normalized spacial score (nSPS) is 19.7. The molecule has 0 aromatic carbocycles. The van der Waals surface area contributed by atoms with Crippen LogP contribution >= 0.6 is 11.3 Å². The average molecular weight is 279 g/mol. The lowest BCUT2D eigenvalue weighted by atomic mass is 10.0. The summed E-state index contributed by atoms with van der Waals surface area (Å²) in [6, 6.07) is 1.61. The van der Waals surface area contributed by atoms with Crippen LogP contribution in [0.3, 0.4) is 0 Å². The Balaban J connectivity index is 2.02. The van der Waals surface area contributed by atoms with Crippen molar-refractivity contribution >= 4 is 17.3 Å². The molecule has 0 spiro atoms. The fourth-order valence-electron chi connectivity index (χ4n) is 2.33. The number of likely N-dealkylation sites (tertiary alicyclic amines) is 1. The maximum Gasteiger partial charge on any atom is 0.320 e. The highest BCUT2D eigenvalue weighted by Crippen LogP contribution is 2.23. The van der Waals surface area contributed by atoms with Gasteiger partial charge in [-0.1, -0.05) is 18.3 Å². The summed E-state index contributed by atoms with van der Waals surface area (Å²) in [6.07, 6.45) is 2.79. The average Bonchev–Trinajstić information content (AvgIpc) is 2.84. The van der Waals surface area contributed by atoms with Crippen LogP contribution in [-0.4, -0.2) is 40.3 Å². The van der Waals surface area contributed by atoms with Crippen LogP contribution < -0.4 is 0 Å². The van der Waals surface area contributed by atoms with Crippen LogP contribution in [0.5, 0.6) is 0 Å². The van der Waals surface area contributed by atoms with Crippen LogP contribution in [0.1, 0.15) is 29.7 Å². The summed E-state index contributed by atoms with van der Waals surface area (Å²) in [4.78, 5) is 14.4. The van der Waals surface area contributed by atoms with E-state index in [1.54, 1.807) is 11.3 Å². The molecule has 4 nitrogen and oxygen atoms in total. The zero-order valence-electron chi connectivity index (χ0n) is 10.6. The third kappa shape index (κ3) is 3.80. The first-order valence-corrected chi connectivity index (χ1v) is 7.22. The molecular formula is C14H17NO3S. The highest BCUT2D eigenvalue weighted by molar-refractivity contribution is 7.10. The van der Waals surface area contributed by atoms with E-state index in [9.17, 15) is 9.90 Å². The van der Waals surface area contributed by atoms with E-state index in [0.717, 1.165) is 36.2 Å². The van der Waals surface area contributed by atoms with Crippen molar-refractivity contribution in [3.8, 4) is 11.8 Å². The molecule has 0 aliphatic carbocycles. The molecule has 1 aliphatic rings. The van der Waals surface area contributed by atoms with Crippen molar-refractivity contribution in [3.63, 3.8) is 0 Å². The van der Waals surface area contributed by atoms with Crippen LogP contribution in [0.4, 0.5) is 0 Å². The van der Waals surface area contributed by atoms with Crippen molar-refractivity contribution in [2.45, 2.75) is 31.8 Å². The van der Waals surface area contributed by atoms with E-state index in [-0.39, 0.29) is 12.6 Å². The Kier molecular flexibility index (Phi) is 4.97. The molecule has 1 saturated heterocycles. The zero-order valence-corrected chi connectivity index (χ0v) is 11.4. The molecule has 1 aromatic heterocycles. The number of hydrogen-bond acceptors (Lipinski definition) is 4. The van der Waals surface area contributed by atoms with Crippen LogP contribution in [0.15, 0.2) is 11.4 Å². The van der Waals surface area contributed by atoms with Crippen LogP contribution in [0, 0.1) is 11.8 Å². The van der Waals surface area contributed by atoms with E-state index in [0.29, 0.717) is 6.54 Å². The number of carboxylic acids is 1. The molecule has 0 radical (unpaired) electrons. The van der Waals surface area contributed by atoms with Crippen molar-refractivity contribution in [2.75, 3.05) is 13.2 Å². The number of aliphatic hydroxyl groups is 1. The SMILES string of the molecule is O=C(O)C1CCCCN1Cc1cc(C#CCO)cs1. The quantitative estimate of drug-likeness (QED) is 0.824. The predicted molar refractivity (Wildman–Crippen MR) is 74.0 cm³/mol. The lowest BCUT2D eigenvalue weighted by Gasteiger charge is -2.32. The third-order valence-corrected chi connectivity index (χ3v) is 4.14. The van der Waals surface area contributed by atoms with Gasteiger partial charge in [0.2, 0.25) is 0 Å². The van der Waals surface area contributed by atoms with Gasteiger partial charge in [-0.25, -0.2) is 0 Å². The molecule has 2 N–H and O–H groups in total. The van der Waals surface area contributed by atoms with Gasteiger partial charge in [0.25, 0.3) is 0 Å². The van der Waals surface area contributed by atoms with Gasteiger partial charge >= 0.3 is 5.97 Å². The number of hydrogen-bond donors (Lipinski definition) is 2.